The highest BCUT2D eigenvalue weighted by Crippen LogP contribution is 2.23. The molecule has 0 aromatic heterocycles. The van der Waals surface area contributed by atoms with Crippen molar-refractivity contribution in [1.82, 2.24) is 0 Å². The van der Waals surface area contributed by atoms with Crippen molar-refractivity contribution in [3.05, 3.63) is 35.9 Å². The van der Waals surface area contributed by atoms with Crippen LogP contribution in [0.25, 0.3) is 0 Å². The molecular weight excluding hydrogens is 256 g/mol. The van der Waals surface area contributed by atoms with E-state index < -0.39 is 0 Å². The van der Waals surface area contributed by atoms with Crippen LogP contribution in [0.5, 0.6) is 0 Å². The van der Waals surface area contributed by atoms with Gasteiger partial charge < -0.3 is 9.47 Å². The highest BCUT2D eigenvalue weighted by atomic mass is 79.9. The lowest BCUT2D eigenvalue weighted by Gasteiger charge is -2.16. The zero-order chi connectivity index (χ0) is 11.1. The molecule has 2 atom stereocenters. The monoisotopic (exact) mass is 272 g/mol. The maximum atomic E-state index is 5.63. The summed E-state index contributed by atoms with van der Waals surface area (Å²) in [6, 6.07) is 10.1. The van der Waals surface area contributed by atoms with Gasteiger partial charge in [0.15, 0.2) is 0 Å². The number of ether oxygens (including phenoxy) is 2. The Morgan fingerprint density at radius 2 is 1.87 bits per heavy atom. The minimum absolute atomic E-state index is 0.0541. The van der Waals surface area contributed by atoms with Crippen LogP contribution in [-0.2, 0) is 9.47 Å². The molecule has 3 heteroatoms. The molecule has 0 aliphatic carbocycles. The second-order valence-electron chi connectivity index (χ2n) is 3.33. The fourth-order valence-electron chi connectivity index (χ4n) is 1.25. The van der Waals surface area contributed by atoms with Crippen LogP contribution >= 0.6 is 15.9 Å². The number of rotatable bonds is 6. The van der Waals surface area contributed by atoms with Gasteiger partial charge in [-0.05, 0) is 19.4 Å². The molecule has 0 N–H and O–H groups in total. The van der Waals surface area contributed by atoms with Gasteiger partial charge in [-0.2, -0.15) is 0 Å². The van der Waals surface area contributed by atoms with Crippen molar-refractivity contribution in [3.63, 3.8) is 0 Å². The van der Waals surface area contributed by atoms with E-state index in [1.807, 2.05) is 44.2 Å². The zero-order valence-electron chi connectivity index (χ0n) is 9.15. The molecule has 0 aliphatic rings. The van der Waals surface area contributed by atoms with E-state index in [4.69, 9.17) is 9.47 Å². The Hall–Kier alpha value is -0.380. The largest absolute Gasteiger partial charge is 0.376 e. The van der Waals surface area contributed by atoms with Gasteiger partial charge in [0.05, 0.1) is 12.7 Å². The van der Waals surface area contributed by atoms with Crippen LogP contribution in [0.3, 0.4) is 0 Å². The first kappa shape index (κ1) is 12.7. The van der Waals surface area contributed by atoms with Crippen molar-refractivity contribution in [2.45, 2.75) is 25.0 Å². The van der Waals surface area contributed by atoms with Gasteiger partial charge in [-0.25, -0.2) is 0 Å². The molecule has 84 valence electrons. The smallest absolute Gasteiger partial charge is 0.137 e. The summed E-state index contributed by atoms with van der Waals surface area (Å²) in [5.41, 5.74) is 1.13. The highest BCUT2D eigenvalue weighted by Gasteiger charge is 2.09. The van der Waals surface area contributed by atoms with Gasteiger partial charge >= 0.3 is 0 Å². The van der Waals surface area contributed by atoms with E-state index in [1.54, 1.807) is 0 Å². The van der Waals surface area contributed by atoms with Gasteiger partial charge in [0, 0.05) is 6.61 Å². The number of hydrogen-bond donors (Lipinski definition) is 0. The Kier molecular flexibility index (Phi) is 5.91. The lowest BCUT2D eigenvalue weighted by Crippen LogP contribution is -2.16. The molecule has 0 saturated carbocycles. The van der Waals surface area contributed by atoms with E-state index in [2.05, 4.69) is 15.9 Å². The predicted octanol–water partition coefficient (Wildman–Crippen LogP) is 3.52. The van der Waals surface area contributed by atoms with Crippen molar-refractivity contribution in [2.24, 2.45) is 0 Å². The van der Waals surface area contributed by atoms with E-state index in [0.717, 1.165) is 12.2 Å². The van der Waals surface area contributed by atoms with E-state index in [9.17, 15) is 0 Å². The quantitative estimate of drug-likeness (QED) is 0.738. The molecule has 2 unspecified atom stereocenters. The SMILES string of the molecule is CCOC(C)COC(Br)c1ccccc1. The molecule has 0 spiro atoms. The molecular formula is C12H17BrO2. The number of benzene rings is 1. The van der Waals surface area contributed by atoms with Gasteiger partial charge in [0.1, 0.15) is 5.01 Å². The molecule has 15 heavy (non-hydrogen) atoms. The Morgan fingerprint density at radius 1 is 1.20 bits per heavy atom. The molecule has 0 amide bonds. The highest BCUT2D eigenvalue weighted by molar-refractivity contribution is 9.09. The van der Waals surface area contributed by atoms with E-state index in [-0.39, 0.29) is 11.1 Å². The number of alkyl halides is 1. The summed E-state index contributed by atoms with van der Waals surface area (Å²) < 4.78 is 11.0. The van der Waals surface area contributed by atoms with Gasteiger partial charge in [0.2, 0.25) is 0 Å². The summed E-state index contributed by atoms with van der Waals surface area (Å²) in [7, 11) is 0. The van der Waals surface area contributed by atoms with Crippen molar-refractivity contribution < 1.29 is 9.47 Å². The van der Waals surface area contributed by atoms with Crippen molar-refractivity contribution in [2.75, 3.05) is 13.2 Å². The first-order valence-electron chi connectivity index (χ1n) is 5.16. The van der Waals surface area contributed by atoms with Crippen molar-refractivity contribution in [1.29, 1.82) is 0 Å². The molecule has 0 bridgehead atoms. The Balaban J connectivity index is 2.33. The molecule has 1 aromatic rings. The standard InChI is InChI=1S/C12H17BrO2/c1-3-14-10(2)9-15-12(13)11-7-5-4-6-8-11/h4-8,10,12H,3,9H2,1-2H3. The summed E-state index contributed by atoms with van der Waals surface area (Å²) in [4.78, 5) is 0. The molecule has 1 rings (SSSR count). The van der Waals surface area contributed by atoms with Gasteiger partial charge in [-0.15, -0.1) is 0 Å². The lowest BCUT2D eigenvalue weighted by molar-refractivity contribution is -0.00814. The van der Waals surface area contributed by atoms with E-state index >= 15 is 0 Å². The van der Waals surface area contributed by atoms with Crippen LogP contribution < -0.4 is 0 Å². The first-order chi connectivity index (χ1) is 7.24. The third kappa shape index (κ3) is 4.78. The molecule has 1 aromatic carbocycles. The number of hydrogen-bond acceptors (Lipinski definition) is 2. The Bertz CT molecular complexity index is 264. The molecule has 0 aliphatic heterocycles. The maximum Gasteiger partial charge on any atom is 0.137 e. The van der Waals surface area contributed by atoms with Crippen LogP contribution in [-0.4, -0.2) is 19.3 Å². The summed E-state index contributed by atoms with van der Waals surface area (Å²) in [5.74, 6) is 0. The third-order valence-corrected chi connectivity index (χ3v) is 2.78. The van der Waals surface area contributed by atoms with E-state index in [1.165, 1.54) is 0 Å². The van der Waals surface area contributed by atoms with Crippen LogP contribution in [0.2, 0.25) is 0 Å². The molecule has 0 saturated heterocycles. The van der Waals surface area contributed by atoms with Gasteiger partial charge in [-0.3, -0.25) is 0 Å². The zero-order valence-corrected chi connectivity index (χ0v) is 10.7. The lowest BCUT2D eigenvalue weighted by atomic mass is 10.2. The molecule has 0 heterocycles. The molecule has 0 fully saturated rings. The fourth-order valence-corrected chi connectivity index (χ4v) is 1.71. The van der Waals surface area contributed by atoms with Crippen LogP contribution in [0.15, 0.2) is 30.3 Å². The molecule has 0 radical (unpaired) electrons. The summed E-state index contributed by atoms with van der Waals surface area (Å²) in [6.07, 6.45) is 0.138. The average molecular weight is 273 g/mol. The van der Waals surface area contributed by atoms with Gasteiger partial charge in [0.25, 0.3) is 0 Å². The second-order valence-corrected chi connectivity index (χ2v) is 4.16. The summed E-state index contributed by atoms with van der Waals surface area (Å²) in [6.45, 7) is 5.31. The Morgan fingerprint density at radius 3 is 2.47 bits per heavy atom. The number of halogens is 1. The normalized spacial score (nSPS) is 14.9. The van der Waals surface area contributed by atoms with Crippen LogP contribution in [0.1, 0.15) is 24.4 Å². The topological polar surface area (TPSA) is 18.5 Å². The minimum atomic E-state index is -0.0541. The molecule has 2 nitrogen and oxygen atoms in total. The van der Waals surface area contributed by atoms with Crippen molar-refractivity contribution in [3.8, 4) is 0 Å². The van der Waals surface area contributed by atoms with Crippen LogP contribution in [0, 0.1) is 0 Å². The Labute approximate surface area is 99.7 Å². The minimum Gasteiger partial charge on any atom is -0.376 e. The summed E-state index contributed by atoms with van der Waals surface area (Å²) >= 11 is 3.49. The van der Waals surface area contributed by atoms with E-state index in [0.29, 0.717) is 6.61 Å². The van der Waals surface area contributed by atoms with Gasteiger partial charge in [-0.1, -0.05) is 46.3 Å². The fraction of sp³-hybridized carbons (Fsp3) is 0.500. The summed E-state index contributed by atoms with van der Waals surface area (Å²) in [5, 5.41) is -0.0541. The first-order valence-corrected chi connectivity index (χ1v) is 6.07. The average Bonchev–Trinajstić information content (AvgIpc) is 2.27. The third-order valence-electron chi connectivity index (χ3n) is 1.99. The maximum absolute atomic E-state index is 5.63. The van der Waals surface area contributed by atoms with Crippen LogP contribution in [0.4, 0.5) is 0 Å². The second kappa shape index (κ2) is 6.99. The predicted molar refractivity (Wildman–Crippen MR) is 65.2 cm³/mol. The van der Waals surface area contributed by atoms with Crippen molar-refractivity contribution >= 4 is 15.9 Å².